The largest absolute Gasteiger partial charge is 0.394 e. The van der Waals surface area contributed by atoms with Crippen LogP contribution in [0.5, 0.6) is 0 Å². The van der Waals surface area contributed by atoms with Crippen LogP contribution in [0.4, 0.5) is 0 Å². The Kier molecular flexibility index (Phi) is 32.1. The fourth-order valence-corrected chi connectivity index (χ4v) is 4.81. The van der Waals surface area contributed by atoms with Gasteiger partial charge in [-0.15, -0.1) is 0 Å². The Hall–Kier alpha value is -1.91. The monoisotopic (exact) mass is 586 g/mol. The molecule has 0 saturated heterocycles. The van der Waals surface area contributed by atoms with E-state index in [1.165, 1.54) is 77.0 Å². The molecule has 0 bridgehead atoms. The summed E-state index contributed by atoms with van der Waals surface area (Å²) in [6.07, 6.45) is 45.9. The Labute approximate surface area is 260 Å². The van der Waals surface area contributed by atoms with Gasteiger partial charge in [-0.2, -0.15) is 0 Å². The lowest BCUT2D eigenvalue weighted by Gasteiger charge is -2.20. The van der Waals surface area contributed by atoms with Gasteiger partial charge in [0.1, 0.15) is 0 Å². The molecule has 0 aliphatic rings. The maximum absolute atomic E-state index is 12.3. The quantitative estimate of drug-likeness (QED) is 0.0580. The molecular weight excluding hydrogens is 518 g/mol. The summed E-state index contributed by atoms with van der Waals surface area (Å²) in [6, 6.07) is -0.625. The number of rotatable bonds is 30. The van der Waals surface area contributed by atoms with Crippen LogP contribution in [-0.4, -0.2) is 34.9 Å². The first-order valence-corrected chi connectivity index (χ1v) is 17.5. The molecule has 4 nitrogen and oxygen atoms in total. The van der Waals surface area contributed by atoms with E-state index in [-0.39, 0.29) is 12.5 Å². The van der Waals surface area contributed by atoms with Crippen molar-refractivity contribution < 1.29 is 15.0 Å². The summed E-state index contributed by atoms with van der Waals surface area (Å²) in [4.78, 5) is 12.3. The van der Waals surface area contributed by atoms with Gasteiger partial charge in [0, 0.05) is 6.42 Å². The number of aliphatic hydroxyl groups excluding tert-OH is 2. The van der Waals surface area contributed by atoms with Crippen LogP contribution >= 0.6 is 0 Å². The predicted octanol–water partition coefficient (Wildman–Crippen LogP) is 10.2. The van der Waals surface area contributed by atoms with Gasteiger partial charge in [0.2, 0.25) is 5.91 Å². The van der Waals surface area contributed by atoms with Crippen LogP contribution in [0.1, 0.15) is 155 Å². The van der Waals surface area contributed by atoms with Crippen LogP contribution in [-0.2, 0) is 4.79 Å². The highest BCUT2D eigenvalue weighted by Crippen LogP contribution is 2.12. The summed E-state index contributed by atoms with van der Waals surface area (Å²) in [6.45, 7) is 4.14. The molecule has 1 amide bonds. The molecule has 0 aromatic rings. The average molecular weight is 586 g/mol. The van der Waals surface area contributed by atoms with Crippen molar-refractivity contribution in [1.29, 1.82) is 0 Å². The van der Waals surface area contributed by atoms with Gasteiger partial charge in [-0.25, -0.2) is 0 Å². The molecule has 4 heteroatoms. The number of allylic oxidation sites excluding steroid dienone is 9. The minimum atomic E-state index is -0.841. The molecule has 0 aromatic carbocycles. The number of nitrogens with one attached hydrogen (secondary N) is 1. The van der Waals surface area contributed by atoms with Gasteiger partial charge in [-0.05, 0) is 57.8 Å². The molecule has 242 valence electrons. The molecular formula is C38H67NO3. The fraction of sp³-hybridized carbons (Fsp3) is 0.711. The molecule has 0 saturated carbocycles. The zero-order chi connectivity index (χ0) is 30.8. The number of aliphatic hydroxyl groups is 2. The molecule has 0 aliphatic heterocycles. The van der Waals surface area contributed by atoms with Crippen molar-refractivity contribution in [3.63, 3.8) is 0 Å². The molecule has 0 spiro atoms. The SMILES string of the molecule is CC/C=C\C/C=C\C/C=C\C/C=C\CCCCCCCCCCC(=O)NC(CO)C(O)/C=C/CCCCCCCCC. The first-order valence-electron chi connectivity index (χ1n) is 17.5. The molecule has 0 aliphatic carbocycles. The van der Waals surface area contributed by atoms with Crippen molar-refractivity contribution in [2.75, 3.05) is 6.61 Å². The normalized spacial score (nSPS) is 13.9. The Bertz CT molecular complexity index is 722. The van der Waals surface area contributed by atoms with Crippen molar-refractivity contribution in [3.05, 3.63) is 60.8 Å². The van der Waals surface area contributed by atoms with Crippen LogP contribution < -0.4 is 5.32 Å². The number of carbonyl (C=O) groups is 1. The zero-order valence-electron chi connectivity index (χ0n) is 27.5. The van der Waals surface area contributed by atoms with Crippen molar-refractivity contribution in [2.24, 2.45) is 0 Å². The van der Waals surface area contributed by atoms with E-state index in [4.69, 9.17) is 0 Å². The highest BCUT2D eigenvalue weighted by Gasteiger charge is 2.17. The molecule has 3 N–H and O–H groups in total. The lowest BCUT2D eigenvalue weighted by Crippen LogP contribution is -2.45. The molecule has 0 fully saturated rings. The van der Waals surface area contributed by atoms with Crippen molar-refractivity contribution in [2.45, 2.75) is 167 Å². The zero-order valence-corrected chi connectivity index (χ0v) is 27.5. The summed E-state index contributed by atoms with van der Waals surface area (Å²) in [5, 5.41) is 22.8. The van der Waals surface area contributed by atoms with Crippen molar-refractivity contribution >= 4 is 5.91 Å². The number of carbonyl (C=O) groups excluding carboxylic acids is 1. The lowest BCUT2D eigenvalue weighted by molar-refractivity contribution is -0.123. The number of amides is 1. The molecule has 2 atom stereocenters. The smallest absolute Gasteiger partial charge is 0.220 e. The highest BCUT2D eigenvalue weighted by atomic mass is 16.3. The van der Waals surface area contributed by atoms with Crippen LogP contribution in [0.25, 0.3) is 0 Å². The summed E-state index contributed by atoms with van der Waals surface area (Å²) in [7, 11) is 0. The molecule has 0 rings (SSSR count). The van der Waals surface area contributed by atoms with Crippen molar-refractivity contribution in [3.8, 4) is 0 Å². The second-order valence-electron chi connectivity index (χ2n) is 11.6. The van der Waals surface area contributed by atoms with E-state index >= 15 is 0 Å². The topological polar surface area (TPSA) is 69.6 Å². The fourth-order valence-electron chi connectivity index (χ4n) is 4.81. The van der Waals surface area contributed by atoms with Crippen LogP contribution in [0.15, 0.2) is 60.8 Å². The van der Waals surface area contributed by atoms with E-state index in [0.29, 0.717) is 6.42 Å². The Morgan fingerprint density at radius 3 is 1.57 bits per heavy atom. The molecule has 0 radical (unpaired) electrons. The molecule has 0 heterocycles. The number of hydrogen-bond acceptors (Lipinski definition) is 3. The van der Waals surface area contributed by atoms with Crippen molar-refractivity contribution in [1.82, 2.24) is 5.32 Å². The Balaban J connectivity index is 3.64. The first kappa shape index (κ1) is 40.1. The van der Waals surface area contributed by atoms with E-state index in [1.807, 2.05) is 6.08 Å². The summed E-state index contributed by atoms with van der Waals surface area (Å²) in [5.74, 6) is -0.0792. The van der Waals surface area contributed by atoms with E-state index in [9.17, 15) is 15.0 Å². The maximum Gasteiger partial charge on any atom is 0.220 e. The van der Waals surface area contributed by atoms with Gasteiger partial charge in [-0.1, -0.05) is 152 Å². The predicted molar refractivity (Wildman–Crippen MR) is 184 cm³/mol. The van der Waals surface area contributed by atoms with E-state index in [0.717, 1.165) is 57.8 Å². The second kappa shape index (κ2) is 33.6. The summed E-state index contributed by atoms with van der Waals surface area (Å²) >= 11 is 0. The minimum Gasteiger partial charge on any atom is -0.394 e. The molecule has 42 heavy (non-hydrogen) atoms. The third-order valence-electron chi connectivity index (χ3n) is 7.51. The highest BCUT2D eigenvalue weighted by molar-refractivity contribution is 5.76. The van der Waals surface area contributed by atoms with E-state index in [2.05, 4.69) is 67.8 Å². The van der Waals surface area contributed by atoms with Gasteiger partial charge in [-0.3, -0.25) is 4.79 Å². The number of hydrogen-bond donors (Lipinski definition) is 3. The summed E-state index contributed by atoms with van der Waals surface area (Å²) < 4.78 is 0. The Morgan fingerprint density at radius 1 is 0.595 bits per heavy atom. The van der Waals surface area contributed by atoms with Crippen LogP contribution in [0.2, 0.25) is 0 Å². The number of unbranched alkanes of at least 4 members (excludes halogenated alkanes) is 15. The minimum absolute atomic E-state index is 0.0792. The standard InChI is InChI=1S/C38H67NO3/c1-3-5-7-9-11-13-14-15-16-17-18-19-20-21-22-23-24-26-28-30-32-34-38(42)39-36(35-40)37(41)33-31-29-27-25-12-10-8-6-4-2/h5,7,11,13,15-16,18-19,31,33,36-37,40-41H,3-4,6,8-10,12,14,17,20-30,32,34-35H2,1-2H3,(H,39,42)/b7-5-,13-11-,16-15-,19-18-,33-31+. The summed E-state index contributed by atoms with van der Waals surface area (Å²) in [5.41, 5.74) is 0. The second-order valence-corrected chi connectivity index (χ2v) is 11.6. The third kappa shape index (κ3) is 29.6. The molecule has 2 unspecified atom stereocenters. The van der Waals surface area contributed by atoms with E-state index < -0.39 is 12.1 Å². The van der Waals surface area contributed by atoms with Gasteiger partial charge in [0.15, 0.2) is 0 Å². The van der Waals surface area contributed by atoms with Crippen LogP contribution in [0, 0.1) is 0 Å². The molecule has 0 aromatic heterocycles. The van der Waals surface area contributed by atoms with E-state index in [1.54, 1.807) is 6.08 Å². The Morgan fingerprint density at radius 2 is 1.05 bits per heavy atom. The van der Waals surface area contributed by atoms with Gasteiger partial charge in [0.05, 0.1) is 18.8 Å². The lowest BCUT2D eigenvalue weighted by atomic mass is 10.1. The average Bonchev–Trinajstić information content (AvgIpc) is 2.99. The van der Waals surface area contributed by atoms with Gasteiger partial charge >= 0.3 is 0 Å². The maximum atomic E-state index is 12.3. The first-order chi connectivity index (χ1) is 20.7. The van der Waals surface area contributed by atoms with Gasteiger partial charge < -0.3 is 15.5 Å². The van der Waals surface area contributed by atoms with Crippen LogP contribution in [0.3, 0.4) is 0 Å². The van der Waals surface area contributed by atoms with Gasteiger partial charge in [0.25, 0.3) is 0 Å². The third-order valence-corrected chi connectivity index (χ3v) is 7.51.